The van der Waals surface area contributed by atoms with Crippen molar-refractivity contribution in [2.75, 3.05) is 37.7 Å². The van der Waals surface area contributed by atoms with Crippen molar-refractivity contribution in [3.63, 3.8) is 0 Å². The van der Waals surface area contributed by atoms with Gasteiger partial charge < -0.3 is 14.2 Å². The molecule has 6 heteroatoms. The van der Waals surface area contributed by atoms with Gasteiger partial charge in [-0.05, 0) is 31.0 Å². The van der Waals surface area contributed by atoms with Gasteiger partial charge in [-0.25, -0.2) is 4.98 Å². The second kappa shape index (κ2) is 9.56. The summed E-state index contributed by atoms with van der Waals surface area (Å²) in [6.07, 6.45) is 10.6. The first-order valence-electron chi connectivity index (χ1n) is 10.3. The zero-order valence-electron chi connectivity index (χ0n) is 17.1. The molecule has 0 aliphatic carbocycles. The average molecular weight is 392 g/mol. The lowest BCUT2D eigenvalue weighted by atomic mass is 10.2. The van der Waals surface area contributed by atoms with Crippen LogP contribution in [0, 0.1) is 6.92 Å². The summed E-state index contributed by atoms with van der Waals surface area (Å²) in [4.78, 5) is 13.3. The molecule has 0 saturated carbocycles. The quantitative estimate of drug-likeness (QED) is 0.618. The molecule has 3 aromatic rings. The minimum absolute atomic E-state index is 0.641. The van der Waals surface area contributed by atoms with Crippen molar-refractivity contribution in [3.8, 4) is 5.75 Å². The highest BCUT2D eigenvalue weighted by atomic mass is 16.5. The van der Waals surface area contributed by atoms with Crippen LogP contribution in [0.3, 0.4) is 0 Å². The Morgan fingerprint density at radius 2 is 1.93 bits per heavy atom. The molecule has 0 radical (unpaired) electrons. The van der Waals surface area contributed by atoms with Gasteiger partial charge in [0.2, 0.25) is 0 Å². The van der Waals surface area contributed by atoms with E-state index >= 15 is 0 Å². The van der Waals surface area contributed by atoms with Crippen molar-refractivity contribution in [2.45, 2.75) is 26.4 Å². The van der Waals surface area contributed by atoms with Gasteiger partial charge in [-0.3, -0.25) is 9.88 Å². The molecule has 0 spiro atoms. The van der Waals surface area contributed by atoms with Crippen molar-refractivity contribution in [1.82, 2.24) is 19.4 Å². The second-order valence-corrected chi connectivity index (χ2v) is 7.54. The van der Waals surface area contributed by atoms with Crippen LogP contribution in [0.2, 0.25) is 0 Å². The van der Waals surface area contributed by atoms with Crippen LogP contribution in [-0.2, 0) is 13.1 Å². The molecule has 4 rings (SSSR count). The summed E-state index contributed by atoms with van der Waals surface area (Å²) >= 11 is 0. The number of ether oxygens (including phenoxy) is 1. The van der Waals surface area contributed by atoms with Gasteiger partial charge in [0.05, 0.1) is 12.9 Å². The van der Waals surface area contributed by atoms with Crippen LogP contribution >= 0.6 is 0 Å². The van der Waals surface area contributed by atoms with Gasteiger partial charge in [-0.2, -0.15) is 0 Å². The second-order valence-electron chi connectivity index (χ2n) is 7.54. The molecule has 0 amide bonds. The maximum absolute atomic E-state index is 6.10. The van der Waals surface area contributed by atoms with Crippen LogP contribution in [0.1, 0.15) is 17.5 Å². The van der Waals surface area contributed by atoms with Gasteiger partial charge in [0, 0.05) is 68.8 Å². The molecule has 152 valence electrons. The van der Waals surface area contributed by atoms with E-state index in [1.165, 1.54) is 16.8 Å². The van der Waals surface area contributed by atoms with E-state index in [4.69, 9.17) is 4.74 Å². The van der Waals surface area contributed by atoms with Gasteiger partial charge in [-0.1, -0.05) is 18.2 Å². The highest BCUT2D eigenvalue weighted by molar-refractivity contribution is 5.51. The number of anilines is 1. The third-order valence-electron chi connectivity index (χ3n) is 5.45. The molecule has 0 unspecified atom stereocenters. The highest BCUT2D eigenvalue weighted by Crippen LogP contribution is 2.23. The first kappa shape index (κ1) is 19.5. The lowest BCUT2D eigenvalue weighted by molar-refractivity contribution is 0.265. The van der Waals surface area contributed by atoms with E-state index in [-0.39, 0.29) is 0 Å². The number of nitrogens with zero attached hydrogens (tertiary/aromatic N) is 5. The van der Waals surface area contributed by atoms with E-state index in [9.17, 15) is 0 Å². The predicted molar refractivity (Wildman–Crippen MR) is 115 cm³/mol. The molecule has 0 bridgehead atoms. The Bertz CT molecular complexity index is 896. The minimum atomic E-state index is 0.641. The van der Waals surface area contributed by atoms with Crippen LogP contribution in [0.5, 0.6) is 5.75 Å². The van der Waals surface area contributed by atoms with Crippen molar-refractivity contribution < 1.29 is 4.74 Å². The van der Waals surface area contributed by atoms with Crippen molar-refractivity contribution in [2.24, 2.45) is 0 Å². The number of hydrogen-bond acceptors (Lipinski definition) is 5. The van der Waals surface area contributed by atoms with Gasteiger partial charge in [-0.15, -0.1) is 0 Å². The summed E-state index contributed by atoms with van der Waals surface area (Å²) in [7, 11) is 0. The van der Waals surface area contributed by atoms with Gasteiger partial charge in [0.15, 0.2) is 0 Å². The third kappa shape index (κ3) is 5.15. The number of hydrogen-bond donors (Lipinski definition) is 0. The molecule has 0 N–H and O–H groups in total. The van der Waals surface area contributed by atoms with E-state index in [2.05, 4.69) is 51.0 Å². The smallest absolute Gasteiger partial charge is 0.123 e. The number of pyridine rings is 1. The number of benzene rings is 1. The third-order valence-corrected chi connectivity index (χ3v) is 5.45. The zero-order chi connectivity index (χ0) is 19.9. The number of para-hydroxylation sites is 1. The monoisotopic (exact) mass is 391 g/mol. The van der Waals surface area contributed by atoms with E-state index in [1.54, 1.807) is 6.20 Å². The summed E-state index contributed by atoms with van der Waals surface area (Å²) in [5, 5.41) is 0. The summed E-state index contributed by atoms with van der Waals surface area (Å²) in [5.41, 5.74) is 3.81. The van der Waals surface area contributed by atoms with Crippen LogP contribution in [0.25, 0.3) is 0 Å². The van der Waals surface area contributed by atoms with Crippen molar-refractivity contribution in [1.29, 1.82) is 0 Å². The first-order valence-corrected chi connectivity index (χ1v) is 10.3. The normalized spacial score (nSPS) is 15.3. The Labute approximate surface area is 172 Å². The molecule has 1 aliphatic heterocycles. The summed E-state index contributed by atoms with van der Waals surface area (Å²) in [6.45, 7) is 8.78. The number of aryl methyl sites for hydroxylation is 1. The van der Waals surface area contributed by atoms with E-state index in [0.29, 0.717) is 6.61 Å². The fraction of sp³-hybridized carbons (Fsp3) is 0.391. The average Bonchev–Trinajstić information content (AvgIpc) is 3.15. The molecular weight excluding hydrogens is 362 g/mol. The maximum Gasteiger partial charge on any atom is 0.123 e. The molecule has 29 heavy (non-hydrogen) atoms. The van der Waals surface area contributed by atoms with Crippen LogP contribution in [-0.4, -0.2) is 52.2 Å². The Morgan fingerprint density at radius 3 is 2.79 bits per heavy atom. The Kier molecular flexibility index (Phi) is 6.42. The summed E-state index contributed by atoms with van der Waals surface area (Å²) in [6, 6.07) is 10.5. The molecule has 3 heterocycles. The Hall–Kier alpha value is -2.86. The number of imidazole rings is 1. The fourth-order valence-electron chi connectivity index (χ4n) is 3.89. The largest absolute Gasteiger partial charge is 0.491 e. The number of rotatable bonds is 7. The molecule has 0 atom stereocenters. The van der Waals surface area contributed by atoms with Crippen molar-refractivity contribution >= 4 is 5.69 Å². The molecule has 1 aromatic carbocycles. The number of aromatic nitrogens is 3. The highest BCUT2D eigenvalue weighted by Gasteiger charge is 2.17. The molecule has 2 aromatic heterocycles. The van der Waals surface area contributed by atoms with Crippen LogP contribution < -0.4 is 9.64 Å². The Morgan fingerprint density at radius 1 is 1.00 bits per heavy atom. The zero-order valence-corrected chi connectivity index (χ0v) is 17.1. The molecule has 6 nitrogen and oxygen atoms in total. The maximum atomic E-state index is 6.10. The van der Waals surface area contributed by atoms with Gasteiger partial charge in [0.25, 0.3) is 0 Å². The van der Waals surface area contributed by atoms with Crippen LogP contribution in [0.4, 0.5) is 5.69 Å². The Balaban J connectivity index is 1.35. The van der Waals surface area contributed by atoms with Crippen molar-refractivity contribution in [3.05, 3.63) is 72.6 Å². The molecule has 1 aliphatic rings. The van der Waals surface area contributed by atoms with Crippen LogP contribution in [0.15, 0.2) is 61.4 Å². The van der Waals surface area contributed by atoms with Gasteiger partial charge in [0.1, 0.15) is 12.4 Å². The fourth-order valence-corrected chi connectivity index (χ4v) is 3.89. The SMILES string of the molecule is Cc1cnccc1N1CCCN(Cc2ccccc2OCCn2ccnc2)CC1. The summed E-state index contributed by atoms with van der Waals surface area (Å²) < 4.78 is 8.13. The molecule has 1 saturated heterocycles. The lowest BCUT2D eigenvalue weighted by Crippen LogP contribution is -2.31. The van der Waals surface area contributed by atoms with E-state index in [1.807, 2.05) is 35.6 Å². The molecular formula is C23H29N5O. The lowest BCUT2D eigenvalue weighted by Gasteiger charge is -2.25. The predicted octanol–water partition coefficient (Wildman–Crippen LogP) is 3.38. The molecule has 1 fully saturated rings. The van der Waals surface area contributed by atoms with E-state index in [0.717, 1.165) is 51.4 Å². The van der Waals surface area contributed by atoms with E-state index < -0.39 is 0 Å². The topological polar surface area (TPSA) is 46.4 Å². The standard InChI is InChI=1S/C23H29N5O/c1-20-17-24-8-7-22(20)28-11-4-10-26(13-14-28)18-21-5-2-3-6-23(21)29-16-15-27-12-9-25-19-27/h2-3,5-9,12,17,19H,4,10-11,13-16,18H2,1H3. The summed E-state index contributed by atoms with van der Waals surface area (Å²) in [5.74, 6) is 0.985. The first-order chi connectivity index (χ1) is 14.3. The van der Waals surface area contributed by atoms with Gasteiger partial charge >= 0.3 is 0 Å². The minimum Gasteiger partial charge on any atom is -0.491 e.